The van der Waals surface area contributed by atoms with E-state index in [4.69, 9.17) is 4.74 Å². The minimum atomic E-state index is -0.248. The van der Waals surface area contributed by atoms with Crippen LogP contribution in [0.5, 0.6) is 0 Å². The van der Waals surface area contributed by atoms with Gasteiger partial charge in [-0.15, -0.1) is 0 Å². The van der Waals surface area contributed by atoms with Gasteiger partial charge in [0.25, 0.3) is 0 Å². The summed E-state index contributed by atoms with van der Waals surface area (Å²) in [6.07, 6.45) is 2.78. The Bertz CT molecular complexity index is 773. The Hall–Kier alpha value is -2.47. The number of fused-ring (bicyclic) bond motifs is 2. The Labute approximate surface area is 127 Å². The van der Waals surface area contributed by atoms with Crippen LogP contribution in [0.3, 0.4) is 0 Å². The van der Waals surface area contributed by atoms with Gasteiger partial charge in [0.15, 0.2) is 0 Å². The first-order valence-corrected chi connectivity index (χ1v) is 7.34. The fourth-order valence-corrected chi connectivity index (χ4v) is 2.90. The Balaban J connectivity index is 1.65. The van der Waals surface area contributed by atoms with Crippen LogP contribution in [0.15, 0.2) is 18.3 Å². The second-order valence-corrected chi connectivity index (χ2v) is 5.56. The number of aromatic nitrogens is 2. The first-order valence-electron chi connectivity index (χ1n) is 7.34. The zero-order valence-corrected chi connectivity index (χ0v) is 12.3. The van der Waals surface area contributed by atoms with Crippen molar-refractivity contribution in [3.63, 3.8) is 0 Å². The van der Waals surface area contributed by atoms with Gasteiger partial charge in [-0.25, -0.2) is 14.8 Å². The summed E-state index contributed by atoms with van der Waals surface area (Å²) in [7, 11) is 0. The third-order valence-corrected chi connectivity index (χ3v) is 4.22. The largest absolute Gasteiger partial charge is 0.457 e. The number of rotatable bonds is 2. The number of nitrogens with one attached hydrogen (secondary N) is 2. The normalized spacial score (nSPS) is 16.0. The molecule has 3 heterocycles. The van der Waals surface area contributed by atoms with Crippen molar-refractivity contribution in [2.24, 2.45) is 0 Å². The summed E-state index contributed by atoms with van der Waals surface area (Å²) in [5, 5.41) is 6.56. The van der Waals surface area contributed by atoms with E-state index in [9.17, 15) is 4.79 Å². The summed E-state index contributed by atoms with van der Waals surface area (Å²) < 4.78 is 5.08. The third kappa shape index (κ3) is 2.12. The second kappa shape index (κ2) is 5.06. The highest BCUT2D eigenvalue weighted by Gasteiger charge is 2.24. The van der Waals surface area contributed by atoms with Gasteiger partial charge in [0.05, 0.1) is 11.3 Å². The van der Waals surface area contributed by atoms with Gasteiger partial charge < -0.3 is 15.4 Å². The van der Waals surface area contributed by atoms with Gasteiger partial charge in [-0.3, -0.25) is 0 Å². The molecule has 2 aliphatic rings. The standard InChI is InChI=1S/C16H16N4O2/c1-9-12-8-22-15(21)11(12)2-3-13(9)19-16-18-7-10-6-17-5-4-14(10)20-16/h2-3,7,17H,4-6,8H2,1H3,(H,18,19,20). The lowest BCUT2D eigenvalue weighted by Gasteiger charge is -2.17. The maximum Gasteiger partial charge on any atom is 0.338 e. The van der Waals surface area contributed by atoms with E-state index in [-0.39, 0.29) is 5.97 Å². The fraction of sp³-hybridized carbons (Fsp3) is 0.312. The van der Waals surface area contributed by atoms with Crippen molar-refractivity contribution in [1.82, 2.24) is 15.3 Å². The predicted octanol–water partition coefficient (Wildman–Crippen LogP) is 1.84. The summed E-state index contributed by atoms with van der Waals surface area (Å²) >= 11 is 0. The van der Waals surface area contributed by atoms with E-state index in [1.54, 1.807) is 6.07 Å². The number of carbonyl (C=O) groups excluding carboxylic acids is 1. The van der Waals surface area contributed by atoms with Crippen molar-refractivity contribution >= 4 is 17.6 Å². The zero-order chi connectivity index (χ0) is 15.1. The maximum atomic E-state index is 11.6. The number of carbonyl (C=O) groups is 1. The van der Waals surface area contributed by atoms with Crippen molar-refractivity contribution in [3.8, 4) is 0 Å². The number of hydrogen-bond acceptors (Lipinski definition) is 6. The Morgan fingerprint density at radius 1 is 1.36 bits per heavy atom. The quantitative estimate of drug-likeness (QED) is 0.824. The molecule has 0 spiro atoms. The molecule has 22 heavy (non-hydrogen) atoms. The molecule has 0 atom stereocenters. The van der Waals surface area contributed by atoms with Crippen LogP contribution in [0.4, 0.5) is 11.6 Å². The van der Waals surface area contributed by atoms with E-state index >= 15 is 0 Å². The average molecular weight is 296 g/mol. The van der Waals surface area contributed by atoms with Crippen LogP contribution in [0.2, 0.25) is 0 Å². The molecule has 2 aromatic rings. The Morgan fingerprint density at radius 2 is 2.27 bits per heavy atom. The molecule has 6 heteroatoms. The van der Waals surface area contributed by atoms with Crippen molar-refractivity contribution in [2.75, 3.05) is 11.9 Å². The summed E-state index contributed by atoms with van der Waals surface area (Å²) in [6, 6.07) is 3.67. The molecular weight excluding hydrogens is 280 g/mol. The summed E-state index contributed by atoms with van der Waals surface area (Å²) in [5.41, 5.74) is 5.75. The molecule has 1 aromatic heterocycles. The van der Waals surface area contributed by atoms with Gasteiger partial charge in [0, 0.05) is 42.5 Å². The molecule has 0 saturated carbocycles. The van der Waals surface area contributed by atoms with E-state index < -0.39 is 0 Å². The van der Waals surface area contributed by atoms with Gasteiger partial charge in [0.1, 0.15) is 6.61 Å². The highest BCUT2D eigenvalue weighted by molar-refractivity contribution is 5.94. The lowest BCUT2D eigenvalue weighted by atomic mass is 10.0. The zero-order valence-electron chi connectivity index (χ0n) is 12.3. The highest BCUT2D eigenvalue weighted by Crippen LogP contribution is 2.30. The smallest absolute Gasteiger partial charge is 0.338 e. The van der Waals surface area contributed by atoms with E-state index in [1.807, 2.05) is 19.2 Å². The second-order valence-electron chi connectivity index (χ2n) is 5.56. The molecule has 2 aliphatic heterocycles. The molecule has 2 N–H and O–H groups in total. The number of hydrogen-bond donors (Lipinski definition) is 2. The highest BCUT2D eigenvalue weighted by atomic mass is 16.5. The van der Waals surface area contributed by atoms with Gasteiger partial charge in [0.2, 0.25) is 5.95 Å². The minimum Gasteiger partial charge on any atom is -0.457 e. The first-order chi connectivity index (χ1) is 10.7. The number of esters is 1. The molecule has 0 bridgehead atoms. The number of ether oxygens (including phenoxy) is 1. The van der Waals surface area contributed by atoms with Crippen molar-refractivity contribution in [3.05, 3.63) is 46.3 Å². The van der Waals surface area contributed by atoms with Crippen LogP contribution < -0.4 is 10.6 Å². The number of anilines is 2. The average Bonchev–Trinajstić information content (AvgIpc) is 2.92. The molecule has 0 amide bonds. The topological polar surface area (TPSA) is 76.1 Å². The molecule has 6 nitrogen and oxygen atoms in total. The molecule has 0 fully saturated rings. The van der Waals surface area contributed by atoms with E-state index in [1.165, 1.54) is 0 Å². The minimum absolute atomic E-state index is 0.248. The van der Waals surface area contributed by atoms with E-state index in [0.717, 1.165) is 47.6 Å². The monoisotopic (exact) mass is 296 g/mol. The van der Waals surface area contributed by atoms with E-state index in [0.29, 0.717) is 18.1 Å². The first kappa shape index (κ1) is 13.2. The Morgan fingerprint density at radius 3 is 3.18 bits per heavy atom. The van der Waals surface area contributed by atoms with Crippen LogP contribution in [0.25, 0.3) is 0 Å². The summed E-state index contributed by atoms with van der Waals surface area (Å²) in [5.74, 6) is 0.344. The number of cyclic esters (lactones) is 1. The molecular formula is C16H16N4O2. The molecule has 0 aliphatic carbocycles. The van der Waals surface area contributed by atoms with Crippen molar-refractivity contribution < 1.29 is 9.53 Å². The number of nitrogens with zero attached hydrogens (tertiary/aromatic N) is 2. The van der Waals surface area contributed by atoms with Crippen LogP contribution in [-0.4, -0.2) is 22.5 Å². The summed E-state index contributed by atoms with van der Waals surface area (Å²) in [4.78, 5) is 20.5. The van der Waals surface area contributed by atoms with Crippen LogP contribution in [-0.2, 0) is 24.3 Å². The summed E-state index contributed by atoms with van der Waals surface area (Å²) in [6.45, 7) is 4.09. The predicted molar refractivity (Wildman–Crippen MR) is 81.0 cm³/mol. The van der Waals surface area contributed by atoms with Crippen LogP contribution in [0, 0.1) is 6.92 Å². The van der Waals surface area contributed by atoms with E-state index in [2.05, 4.69) is 20.6 Å². The maximum absolute atomic E-state index is 11.6. The fourth-order valence-electron chi connectivity index (χ4n) is 2.90. The van der Waals surface area contributed by atoms with Gasteiger partial charge in [-0.05, 0) is 24.6 Å². The van der Waals surface area contributed by atoms with Gasteiger partial charge >= 0.3 is 5.97 Å². The van der Waals surface area contributed by atoms with Crippen LogP contribution >= 0.6 is 0 Å². The number of benzene rings is 1. The molecule has 1 aromatic carbocycles. The van der Waals surface area contributed by atoms with Crippen molar-refractivity contribution in [2.45, 2.75) is 26.5 Å². The third-order valence-electron chi connectivity index (χ3n) is 4.22. The molecule has 0 unspecified atom stereocenters. The van der Waals surface area contributed by atoms with Crippen LogP contribution in [0.1, 0.15) is 32.7 Å². The molecule has 0 saturated heterocycles. The molecule has 112 valence electrons. The van der Waals surface area contributed by atoms with Gasteiger partial charge in [-0.1, -0.05) is 0 Å². The van der Waals surface area contributed by atoms with Gasteiger partial charge in [-0.2, -0.15) is 0 Å². The lowest BCUT2D eigenvalue weighted by Crippen LogP contribution is -2.25. The van der Waals surface area contributed by atoms with Crippen molar-refractivity contribution in [1.29, 1.82) is 0 Å². The molecule has 4 rings (SSSR count). The SMILES string of the molecule is Cc1c(Nc2ncc3c(n2)CCNC3)ccc2c1COC2=O. The molecule has 0 radical (unpaired) electrons. The Kier molecular flexibility index (Phi) is 3.04. The lowest BCUT2D eigenvalue weighted by molar-refractivity contribution is 0.0535.